The predicted molar refractivity (Wildman–Crippen MR) is 109 cm³/mol. The number of hydrogen-bond acceptors (Lipinski definition) is 4. The molecule has 3 aromatic rings. The Labute approximate surface area is 170 Å². The Bertz CT molecular complexity index is 958. The van der Waals surface area contributed by atoms with Crippen molar-refractivity contribution in [3.63, 3.8) is 0 Å². The molecule has 0 unspecified atom stereocenters. The van der Waals surface area contributed by atoms with E-state index in [4.69, 9.17) is 23.2 Å². The molecule has 0 bridgehead atoms. The summed E-state index contributed by atoms with van der Waals surface area (Å²) in [6.07, 6.45) is 2.34. The number of halogens is 2. The van der Waals surface area contributed by atoms with Crippen molar-refractivity contribution < 1.29 is 9.59 Å². The summed E-state index contributed by atoms with van der Waals surface area (Å²) in [4.78, 5) is 29.2. The van der Waals surface area contributed by atoms with E-state index in [1.54, 1.807) is 30.5 Å². The van der Waals surface area contributed by atoms with Crippen molar-refractivity contribution in [1.29, 1.82) is 0 Å². The molecule has 0 saturated heterocycles. The summed E-state index contributed by atoms with van der Waals surface area (Å²) in [6.45, 7) is -0.152. The van der Waals surface area contributed by atoms with Crippen molar-refractivity contribution in [3.8, 4) is 0 Å². The van der Waals surface area contributed by atoms with E-state index in [0.29, 0.717) is 27.2 Å². The molecule has 2 amide bonds. The summed E-state index contributed by atoms with van der Waals surface area (Å²) in [5.41, 5.74) is 1.43. The van der Waals surface area contributed by atoms with Crippen molar-refractivity contribution in [2.24, 2.45) is 0 Å². The molecule has 0 saturated carbocycles. The molecule has 1 heterocycles. The number of amides is 2. The number of thiazole rings is 1. The molecule has 27 heavy (non-hydrogen) atoms. The van der Waals surface area contributed by atoms with Crippen LogP contribution in [0.15, 0.2) is 54.7 Å². The lowest BCUT2D eigenvalue weighted by atomic mass is 10.1. The second kappa shape index (κ2) is 8.99. The van der Waals surface area contributed by atoms with Gasteiger partial charge in [0.15, 0.2) is 5.13 Å². The molecule has 0 spiro atoms. The van der Waals surface area contributed by atoms with Gasteiger partial charge in [-0.2, -0.15) is 0 Å². The van der Waals surface area contributed by atoms with Crippen molar-refractivity contribution in [2.75, 3.05) is 11.9 Å². The molecule has 3 rings (SSSR count). The fraction of sp³-hybridized carbons (Fsp3) is 0.105. The topological polar surface area (TPSA) is 71.1 Å². The van der Waals surface area contributed by atoms with Gasteiger partial charge in [-0.1, -0.05) is 41.4 Å². The SMILES string of the molecule is O=C(CNC(=O)c1ccc(Cl)cc1)Nc1ncc(Cc2ccccc2Cl)s1. The van der Waals surface area contributed by atoms with Crippen LogP contribution in [0.1, 0.15) is 20.8 Å². The van der Waals surface area contributed by atoms with E-state index in [0.717, 1.165) is 10.4 Å². The van der Waals surface area contributed by atoms with E-state index in [-0.39, 0.29) is 18.4 Å². The molecular weight excluding hydrogens is 405 g/mol. The van der Waals surface area contributed by atoms with E-state index < -0.39 is 0 Å². The number of carbonyl (C=O) groups excluding carboxylic acids is 2. The Kier molecular flexibility index (Phi) is 6.45. The number of aromatic nitrogens is 1. The minimum absolute atomic E-state index is 0.152. The molecule has 138 valence electrons. The number of nitrogens with one attached hydrogen (secondary N) is 2. The van der Waals surface area contributed by atoms with Crippen LogP contribution in [0.5, 0.6) is 0 Å². The van der Waals surface area contributed by atoms with Crippen LogP contribution in [0.4, 0.5) is 5.13 Å². The molecule has 2 N–H and O–H groups in total. The van der Waals surface area contributed by atoms with Crippen LogP contribution in [0.25, 0.3) is 0 Å². The highest BCUT2D eigenvalue weighted by Gasteiger charge is 2.11. The molecule has 0 fully saturated rings. The summed E-state index contributed by atoms with van der Waals surface area (Å²) in [6, 6.07) is 14.0. The van der Waals surface area contributed by atoms with Crippen LogP contribution in [-0.2, 0) is 11.2 Å². The standard InChI is InChI=1S/C19H15Cl2N3O2S/c20-14-7-5-12(6-8-14)18(26)22-11-17(25)24-19-23-10-15(27-19)9-13-3-1-2-4-16(13)21/h1-8,10H,9,11H2,(H,22,26)(H,23,24,25). The number of rotatable bonds is 6. The van der Waals surface area contributed by atoms with Crippen LogP contribution < -0.4 is 10.6 Å². The van der Waals surface area contributed by atoms with Gasteiger partial charge in [0.05, 0.1) is 6.54 Å². The smallest absolute Gasteiger partial charge is 0.251 e. The van der Waals surface area contributed by atoms with Gasteiger partial charge in [0.1, 0.15) is 0 Å². The average molecular weight is 420 g/mol. The van der Waals surface area contributed by atoms with Crippen LogP contribution in [0, 0.1) is 0 Å². The first-order valence-electron chi connectivity index (χ1n) is 8.03. The highest BCUT2D eigenvalue weighted by Crippen LogP contribution is 2.24. The quantitative estimate of drug-likeness (QED) is 0.621. The second-order valence-corrected chi connectivity index (χ2v) is 7.60. The molecule has 1 aromatic heterocycles. The Hall–Kier alpha value is -2.41. The largest absolute Gasteiger partial charge is 0.343 e. The predicted octanol–water partition coefficient (Wildman–Crippen LogP) is 4.41. The van der Waals surface area contributed by atoms with E-state index in [1.807, 2.05) is 24.3 Å². The monoisotopic (exact) mass is 419 g/mol. The number of hydrogen-bond donors (Lipinski definition) is 2. The fourth-order valence-corrected chi connectivity index (χ4v) is 3.48. The van der Waals surface area contributed by atoms with Crippen LogP contribution in [0.3, 0.4) is 0 Å². The Balaban J connectivity index is 1.51. The molecule has 0 aliphatic rings. The van der Waals surface area contributed by atoms with Gasteiger partial charge in [-0.25, -0.2) is 4.98 Å². The third kappa shape index (κ3) is 5.53. The van der Waals surface area contributed by atoms with Gasteiger partial charge < -0.3 is 10.6 Å². The Morgan fingerprint density at radius 3 is 2.52 bits per heavy atom. The average Bonchev–Trinajstić information content (AvgIpc) is 3.09. The lowest BCUT2D eigenvalue weighted by Crippen LogP contribution is -2.32. The third-order valence-electron chi connectivity index (χ3n) is 3.64. The zero-order valence-electron chi connectivity index (χ0n) is 14.0. The molecular formula is C19H15Cl2N3O2S. The molecule has 5 nitrogen and oxygen atoms in total. The van der Waals surface area contributed by atoms with E-state index in [1.165, 1.54) is 11.3 Å². The third-order valence-corrected chi connectivity index (χ3v) is 5.17. The molecule has 0 atom stereocenters. The molecule has 2 aromatic carbocycles. The first kappa shape index (κ1) is 19.4. The molecule has 8 heteroatoms. The second-order valence-electron chi connectivity index (χ2n) is 5.64. The maximum Gasteiger partial charge on any atom is 0.251 e. The minimum Gasteiger partial charge on any atom is -0.343 e. The van der Waals surface area contributed by atoms with Crippen LogP contribution in [0.2, 0.25) is 10.0 Å². The van der Waals surface area contributed by atoms with Crippen molar-refractivity contribution in [3.05, 3.63) is 80.8 Å². The zero-order chi connectivity index (χ0) is 19.2. The fourth-order valence-electron chi connectivity index (χ4n) is 2.30. The first-order valence-corrected chi connectivity index (χ1v) is 9.60. The van der Waals surface area contributed by atoms with E-state index >= 15 is 0 Å². The number of benzene rings is 2. The van der Waals surface area contributed by atoms with Crippen molar-refractivity contribution in [2.45, 2.75) is 6.42 Å². The molecule has 0 radical (unpaired) electrons. The number of carbonyl (C=O) groups is 2. The van der Waals surface area contributed by atoms with E-state index in [2.05, 4.69) is 15.6 Å². The van der Waals surface area contributed by atoms with Crippen LogP contribution >= 0.6 is 34.5 Å². The maximum absolute atomic E-state index is 12.0. The summed E-state index contributed by atoms with van der Waals surface area (Å²) in [5.74, 6) is -0.698. The highest BCUT2D eigenvalue weighted by atomic mass is 35.5. The minimum atomic E-state index is -0.351. The van der Waals surface area contributed by atoms with Gasteiger partial charge in [-0.3, -0.25) is 9.59 Å². The lowest BCUT2D eigenvalue weighted by molar-refractivity contribution is -0.115. The van der Waals surface area contributed by atoms with Gasteiger partial charge >= 0.3 is 0 Å². The van der Waals surface area contributed by atoms with Crippen molar-refractivity contribution in [1.82, 2.24) is 10.3 Å². The maximum atomic E-state index is 12.0. The summed E-state index contributed by atoms with van der Waals surface area (Å²) < 4.78 is 0. The zero-order valence-corrected chi connectivity index (χ0v) is 16.4. The van der Waals surface area contributed by atoms with E-state index in [9.17, 15) is 9.59 Å². The van der Waals surface area contributed by atoms with Gasteiger partial charge in [0.2, 0.25) is 5.91 Å². The molecule has 0 aliphatic heterocycles. The van der Waals surface area contributed by atoms with Gasteiger partial charge in [0.25, 0.3) is 5.91 Å². The Morgan fingerprint density at radius 1 is 1.04 bits per heavy atom. The van der Waals surface area contributed by atoms with Gasteiger partial charge in [0, 0.05) is 33.1 Å². The van der Waals surface area contributed by atoms with Crippen molar-refractivity contribution >= 4 is 51.5 Å². The number of nitrogens with zero attached hydrogens (tertiary/aromatic N) is 1. The normalized spacial score (nSPS) is 10.4. The number of anilines is 1. The van der Waals surface area contributed by atoms with Gasteiger partial charge in [-0.05, 0) is 35.9 Å². The Morgan fingerprint density at radius 2 is 1.78 bits per heavy atom. The van der Waals surface area contributed by atoms with Gasteiger partial charge in [-0.15, -0.1) is 11.3 Å². The molecule has 0 aliphatic carbocycles. The summed E-state index contributed by atoms with van der Waals surface area (Å²) in [7, 11) is 0. The highest BCUT2D eigenvalue weighted by molar-refractivity contribution is 7.15. The van der Waals surface area contributed by atoms with Crippen LogP contribution in [-0.4, -0.2) is 23.3 Å². The summed E-state index contributed by atoms with van der Waals surface area (Å²) in [5, 5.41) is 6.95. The summed E-state index contributed by atoms with van der Waals surface area (Å²) >= 11 is 13.3. The first-order chi connectivity index (χ1) is 13.0. The lowest BCUT2D eigenvalue weighted by Gasteiger charge is -2.05.